The molecule has 4 rings (SSSR count). The minimum Gasteiger partial charge on any atom is -0.361 e. The van der Waals surface area contributed by atoms with Crippen molar-refractivity contribution in [1.29, 1.82) is 0 Å². The molecule has 1 N–H and O–H groups in total. The number of fused-ring (bicyclic) bond motifs is 1. The van der Waals surface area contributed by atoms with Gasteiger partial charge in [0.2, 0.25) is 11.8 Å². The molecule has 132 valence electrons. The van der Waals surface area contributed by atoms with Crippen LogP contribution in [0.3, 0.4) is 0 Å². The largest absolute Gasteiger partial charge is 0.361 e. The normalized spacial score (nSPS) is 23.8. The number of hydrogen-bond acceptors (Lipinski definition) is 2. The minimum absolute atomic E-state index is 0.170. The third-order valence-corrected chi connectivity index (χ3v) is 5.94. The van der Waals surface area contributed by atoms with Gasteiger partial charge in [-0.3, -0.25) is 9.59 Å². The molecular formula is C20H25N3O2. The first-order valence-electron chi connectivity index (χ1n) is 9.17. The summed E-state index contributed by atoms with van der Waals surface area (Å²) in [5, 5.41) is 1.19. The number of carbonyl (C=O) groups excluding carboxylic acids is 2. The lowest BCUT2D eigenvalue weighted by molar-refractivity contribution is -0.144. The Labute approximate surface area is 148 Å². The molecule has 0 aliphatic carbocycles. The summed E-state index contributed by atoms with van der Waals surface area (Å²) in [6, 6.07) is 8.18. The quantitative estimate of drug-likeness (QED) is 0.934. The van der Waals surface area contributed by atoms with Gasteiger partial charge >= 0.3 is 0 Å². The van der Waals surface area contributed by atoms with Crippen molar-refractivity contribution in [3.05, 3.63) is 36.0 Å². The first-order chi connectivity index (χ1) is 12.1. The van der Waals surface area contributed by atoms with Gasteiger partial charge in [-0.2, -0.15) is 0 Å². The fraction of sp³-hybridized carbons (Fsp3) is 0.500. The summed E-state index contributed by atoms with van der Waals surface area (Å²) in [4.78, 5) is 32.3. The third-order valence-electron chi connectivity index (χ3n) is 5.94. The SMILES string of the molecule is CN1CCC[C@@]2(CCN(C(=O)CCc3c[nH]c4ccccc34)C2)C1=O. The Hall–Kier alpha value is -2.30. The number of likely N-dealkylation sites (tertiary alicyclic amines) is 2. The molecule has 1 aromatic carbocycles. The number of aromatic nitrogens is 1. The minimum atomic E-state index is -0.316. The fourth-order valence-electron chi connectivity index (χ4n) is 4.47. The van der Waals surface area contributed by atoms with E-state index in [0.717, 1.165) is 37.7 Å². The van der Waals surface area contributed by atoms with Crippen molar-refractivity contribution in [2.75, 3.05) is 26.7 Å². The number of aryl methyl sites for hydroxylation is 1. The zero-order chi connectivity index (χ0) is 17.4. The molecule has 2 amide bonds. The predicted molar refractivity (Wildman–Crippen MR) is 97.1 cm³/mol. The average Bonchev–Trinajstić information content (AvgIpc) is 3.23. The number of carbonyl (C=O) groups is 2. The molecular weight excluding hydrogens is 314 g/mol. The van der Waals surface area contributed by atoms with Gasteiger partial charge in [-0.25, -0.2) is 0 Å². The van der Waals surface area contributed by atoms with Crippen molar-refractivity contribution in [3.63, 3.8) is 0 Å². The lowest BCUT2D eigenvalue weighted by atomic mass is 9.78. The van der Waals surface area contributed by atoms with E-state index in [1.165, 1.54) is 10.9 Å². The zero-order valence-corrected chi connectivity index (χ0v) is 14.8. The summed E-state index contributed by atoms with van der Waals surface area (Å²) in [7, 11) is 1.88. The molecule has 2 saturated heterocycles. The van der Waals surface area contributed by atoms with Crippen LogP contribution in [0.15, 0.2) is 30.5 Å². The van der Waals surface area contributed by atoms with Crippen LogP contribution in [0.1, 0.15) is 31.2 Å². The molecule has 5 heteroatoms. The number of aromatic amines is 1. The fourth-order valence-corrected chi connectivity index (χ4v) is 4.47. The van der Waals surface area contributed by atoms with E-state index in [0.29, 0.717) is 19.5 Å². The van der Waals surface area contributed by atoms with E-state index in [-0.39, 0.29) is 17.2 Å². The molecule has 0 saturated carbocycles. The molecule has 2 aliphatic heterocycles. The Balaban J connectivity index is 1.40. The molecule has 0 bridgehead atoms. The van der Waals surface area contributed by atoms with E-state index in [2.05, 4.69) is 17.1 Å². The lowest BCUT2D eigenvalue weighted by Crippen LogP contribution is -2.48. The first kappa shape index (κ1) is 16.2. The number of nitrogens with one attached hydrogen (secondary N) is 1. The highest BCUT2D eigenvalue weighted by atomic mass is 16.2. The molecule has 2 aliphatic rings. The molecule has 5 nitrogen and oxygen atoms in total. The van der Waals surface area contributed by atoms with E-state index in [9.17, 15) is 9.59 Å². The van der Waals surface area contributed by atoms with Crippen LogP contribution in [0.25, 0.3) is 10.9 Å². The van der Waals surface area contributed by atoms with Gasteiger partial charge in [0, 0.05) is 50.2 Å². The van der Waals surface area contributed by atoms with Gasteiger partial charge in [-0.05, 0) is 37.3 Å². The van der Waals surface area contributed by atoms with Gasteiger partial charge in [-0.15, -0.1) is 0 Å². The van der Waals surface area contributed by atoms with E-state index in [4.69, 9.17) is 0 Å². The summed E-state index contributed by atoms with van der Waals surface area (Å²) in [5.41, 5.74) is 1.98. The number of para-hydroxylation sites is 1. The van der Waals surface area contributed by atoms with E-state index in [1.807, 2.05) is 35.2 Å². The standard InChI is InChI=1S/C20H25N3O2/c1-22-11-4-9-20(19(22)25)10-12-23(14-20)18(24)8-7-15-13-21-17-6-3-2-5-16(15)17/h2-3,5-6,13,21H,4,7-12,14H2,1H3/t20-/m0/s1. The topological polar surface area (TPSA) is 56.4 Å². The van der Waals surface area contributed by atoms with Crippen LogP contribution in [0.5, 0.6) is 0 Å². The second-order valence-corrected chi connectivity index (χ2v) is 7.54. The summed E-state index contributed by atoms with van der Waals surface area (Å²) >= 11 is 0. The Kier molecular flexibility index (Phi) is 4.02. The van der Waals surface area contributed by atoms with Crippen LogP contribution in [-0.4, -0.2) is 53.3 Å². The predicted octanol–water partition coefficient (Wildman–Crippen LogP) is 2.57. The van der Waals surface area contributed by atoms with Crippen LogP contribution in [0, 0.1) is 5.41 Å². The number of piperidine rings is 1. The lowest BCUT2D eigenvalue weighted by Gasteiger charge is -2.37. The number of H-pyrrole nitrogens is 1. The van der Waals surface area contributed by atoms with E-state index < -0.39 is 0 Å². The molecule has 2 aromatic rings. The molecule has 0 radical (unpaired) electrons. The Morgan fingerprint density at radius 1 is 1.24 bits per heavy atom. The number of benzene rings is 1. The van der Waals surface area contributed by atoms with Crippen LogP contribution >= 0.6 is 0 Å². The van der Waals surface area contributed by atoms with Gasteiger partial charge < -0.3 is 14.8 Å². The highest BCUT2D eigenvalue weighted by Gasteiger charge is 2.48. The molecule has 25 heavy (non-hydrogen) atoms. The van der Waals surface area contributed by atoms with E-state index >= 15 is 0 Å². The first-order valence-corrected chi connectivity index (χ1v) is 9.17. The number of rotatable bonds is 3. The molecule has 1 spiro atoms. The number of amides is 2. The van der Waals surface area contributed by atoms with Crippen molar-refractivity contribution in [3.8, 4) is 0 Å². The zero-order valence-electron chi connectivity index (χ0n) is 14.8. The van der Waals surface area contributed by atoms with Crippen LogP contribution < -0.4 is 0 Å². The maximum absolute atomic E-state index is 12.7. The second-order valence-electron chi connectivity index (χ2n) is 7.54. The van der Waals surface area contributed by atoms with Gasteiger partial charge in [-0.1, -0.05) is 18.2 Å². The Morgan fingerprint density at radius 3 is 2.96 bits per heavy atom. The van der Waals surface area contributed by atoms with Crippen molar-refractivity contribution < 1.29 is 9.59 Å². The highest BCUT2D eigenvalue weighted by molar-refractivity contribution is 5.87. The molecule has 1 aromatic heterocycles. The maximum atomic E-state index is 12.7. The van der Waals surface area contributed by atoms with Crippen molar-refractivity contribution in [1.82, 2.24) is 14.8 Å². The molecule has 0 unspecified atom stereocenters. The van der Waals surface area contributed by atoms with Gasteiger partial charge in [0.05, 0.1) is 5.41 Å². The van der Waals surface area contributed by atoms with Crippen LogP contribution in [-0.2, 0) is 16.0 Å². The van der Waals surface area contributed by atoms with Crippen LogP contribution in [0.4, 0.5) is 0 Å². The summed E-state index contributed by atoms with van der Waals surface area (Å²) in [6.45, 7) is 2.16. The second kappa shape index (κ2) is 6.21. The Bertz CT molecular complexity index is 812. The van der Waals surface area contributed by atoms with E-state index in [1.54, 1.807) is 0 Å². The summed E-state index contributed by atoms with van der Waals surface area (Å²) < 4.78 is 0. The third kappa shape index (κ3) is 2.81. The van der Waals surface area contributed by atoms with Crippen molar-refractivity contribution in [2.24, 2.45) is 5.41 Å². The number of hydrogen-bond donors (Lipinski definition) is 1. The molecule has 3 heterocycles. The highest BCUT2D eigenvalue weighted by Crippen LogP contribution is 2.39. The van der Waals surface area contributed by atoms with Crippen LogP contribution in [0.2, 0.25) is 0 Å². The molecule has 1 atom stereocenters. The Morgan fingerprint density at radius 2 is 2.08 bits per heavy atom. The van der Waals surface area contributed by atoms with Gasteiger partial charge in [0.15, 0.2) is 0 Å². The van der Waals surface area contributed by atoms with Crippen molar-refractivity contribution >= 4 is 22.7 Å². The monoisotopic (exact) mass is 339 g/mol. The summed E-state index contributed by atoms with van der Waals surface area (Å²) in [6.07, 6.45) is 6.02. The smallest absolute Gasteiger partial charge is 0.230 e. The summed E-state index contributed by atoms with van der Waals surface area (Å²) in [5.74, 6) is 0.397. The van der Waals surface area contributed by atoms with Crippen molar-refractivity contribution in [2.45, 2.75) is 32.1 Å². The average molecular weight is 339 g/mol. The van der Waals surface area contributed by atoms with Gasteiger partial charge in [0.25, 0.3) is 0 Å². The van der Waals surface area contributed by atoms with Gasteiger partial charge in [0.1, 0.15) is 0 Å². The molecule has 2 fully saturated rings. The number of nitrogens with zero attached hydrogens (tertiary/aromatic N) is 2. The maximum Gasteiger partial charge on any atom is 0.230 e.